The van der Waals surface area contributed by atoms with Crippen LogP contribution in [-0.4, -0.2) is 29.5 Å². The van der Waals surface area contributed by atoms with Crippen molar-refractivity contribution in [1.29, 1.82) is 0 Å². The molecule has 2 aromatic rings. The summed E-state index contributed by atoms with van der Waals surface area (Å²) in [5.74, 6) is 0.0000750. The minimum absolute atomic E-state index is 0.245. The lowest BCUT2D eigenvalue weighted by molar-refractivity contribution is 0.0701. The molecule has 1 aromatic heterocycles. The van der Waals surface area contributed by atoms with Crippen LogP contribution in [0.5, 0.6) is 0 Å². The molecular weight excluding hydrogens is 311 g/mol. The zero-order valence-corrected chi connectivity index (χ0v) is 12.9. The summed E-state index contributed by atoms with van der Waals surface area (Å²) in [5.41, 5.74) is 0.601. The third kappa shape index (κ3) is 3.07. The third-order valence-electron chi connectivity index (χ3n) is 3.53. The van der Waals surface area contributed by atoms with Gasteiger partial charge in [0.1, 0.15) is 10.7 Å². The van der Waals surface area contributed by atoms with Gasteiger partial charge in [-0.3, -0.25) is 0 Å². The number of halogens is 1. The number of ether oxygens (including phenoxy) is 1. The number of carboxylic acids is 1. The van der Waals surface area contributed by atoms with Crippen LogP contribution in [0.3, 0.4) is 0 Å². The number of hydrogen-bond donors (Lipinski definition) is 1. The Morgan fingerprint density at radius 2 is 2.38 bits per heavy atom. The van der Waals surface area contributed by atoms with Crippen LogP contribution in [0.4, 0.5) is 4.39 Å². The smallest absolute Gasteiger partial charge is 0.346 e. The first-order valence-corrected chi connectivity index (χ1v) is 8.76. The first-order valence-electron chi connectivity index (χ1n) is 6.79. The van der Waals surface area contributed by atoms with E-state index in [1.165, 1.54) is 6.07 Å². The van der Waals surface area contributed by atoms with Gasteiger partial charge in [-0.2, -0.15) is 11.8 Å². The van der Waals surface area contributed by atoms with Crippen molar-refractivity contribution in [3.8, 4) is 0 Å². The first kappa shape index (κ1) is 14.8. The summed E-state index contributed by atoms with van der Waals surface area (Å²) in [6.45, 7) is 0.807. The van der Waals surface area contributed by atoms with Crippen molar-refractivity contribution >= 4 is 39.2 Å². The Kier molecular flexibility index (Phi) is 4.47. The largest absolute Gasteiger partial charge is 0.477 e. The fourth-order valence-corrected chi connectivity index (χ4v) is 4.85. The van der Waals surface area contributed by atoms with Gasteiger partial charge in [0.2, 0.25) is 0 Å². The van der Waals surface area contributed by atoms with Crippen LogP contribution < -0.4 is 0 Å². The highest BCUT2D eigenvalue weighted by molar-refractivity contribution is 7.98. The van der Waals surface area contributed by atoms with Crippen LogP contribution >= 0.6 is 23.1 Å². The molecule has 0 radical (unpaired) electrons. The van der Waals surface area contributed by atoms with E-state index in [9.17, 15) is 14.3 Å². The maximum absolute atomic E-state index is 14.0. The van der Waals surface area contributed by atoms with Gasteiger partial charge in [-0.25, -0.2) is 9.18 Å². The maximum Gasteiger partial charge on any atom is 0.346 e. The number of benzene rings is 1. The summed E-state index contributed by atoms with van der Waals surface area (Å²) in [7, 11) is 0. The molecule has 6 heteroatoms. The average molecular weight is 326 g/mol. The van der Waals surface area contributed by atoms with E-state index < -0.39 is 5.97 Å². The Morgan fingerprint density at radius 3 is 3.10 bits per heavy atom. The molecule has 1 aliphatic rings. The third-order valence-corrected chi connectivity index (χ3v) is 5.82. The van der Waals surface area contributed by atoms with Gasteiger partial charge in [-0.1, -0.05) is 6.07 Å². The molecule has 0 bridgehead atoms. The minimum Gasteiger partial charge on any atom is -0.477 e. The average Bonchev–Trinajstić information content (AvgIpc) is 3.07. The lowest BCUT2D eigenvalue weighted by atomic mass is 10.1. The monoisotopic (exact) mass is 326 g/mol. The summed E-state index contributed by atoms with van der Waals surface area (Å²) in [6, 6.07) is 4.77. The Morgan fingerprint density at radius 1 is 1.52 bits per heavy atom. The summed E-state index contributed by atoms with van der Waals surface area (Å²) in [4.78, 5) is 11.6. The van der Waals surface area contributed by atoms with E-state index in [4.69, 9.17) is 4.74 Å². The fraction of sp³-hybridized carbons (Fsp3) is 0.400. The lowest BCUT2D eigenvalue weighted by Crippen LogP contribution is -2.08. The van der Waals surface area contributed by atoms with Gasteiger partial charge >= 0.3 is 5.97 Å². The fourth-order valence-electron chi connectivity index (χ4n) is 2.55. The normalized spacial score (nSPS) is 18.4. The first-order chi connectivity index (χ1) is 10.2. The molecule has 1 fully saturated rings. The molecular formula is C15H15FO3S2. The summed E-state index contributed by atoms with van der Waals surface area (Å²) in [5, 5.41) is 9.78. The van der Waals surface area contributed by atoms with Crippen LogP contribution in [0, 0.1) is 5.82 Å². The molecule has 1 saturated heterocycles. The molecule has 0 saturated carbocycles. The van der Waals surface area contributed by atoms with Crippen molar-refractivity contribution in [1.82, 2.24) is 0 Å². The van der Waals surface area contributed by atoms with Crippen molar-refractivity contribution in [3.63, 3.8) is 0 Å². The van der Waals surface area contributed by atoms with Gasteiger partial charge in [0.15, 0.2) is 0 Å². The van der Waals surface area contributed by atoms with Crippen molar-refractivity contribution in [3.05, 3.63) is 34.5 Å². The maximum atomic E-state index is 14.0. The van der Waals surface area contributed by atoms with E-state index in [1.807, 2.05) is 0 Å². The number of carbonyl (C=O) groups is 1. The van der Waals surface area contributed by atoms with Crippen LogP contribution in [0.25, 0.3) is 10.1 Å². The Hall–Kier alpha value is -1.11. The number of aromatic carboxylic acids is 1. The molecule has 1 unspecified atom stereocenters. The molecule has 0 aliphatic carbocycles. The molecule has 2 heterocycles. The Balaban J connectivity index is 1.84. The van der Waals surface area contributed by atoms with E-state index in [-0.39, 0.29) is 16.8 Å². The number of fused-ring (bicyclic) bond motifs is 1. The molecule has 21 heavy (non-hydrogen) atoms. The second kappa shape index (κ2) is 6.34. The summed E-state index contributed by atoms with van der Waals surface area (Å²) in [6.07, 6.45) is 2.39. The zero-order chi connectivity index (χ0) is 14.8. The Bertz CT molecular complexity index is 662. The topological polar surface area (TPSA) is 46.5 Å². The molecule has 0 spiro atoms. The van der Waals surface area contributed by atoms with Gasteiger partial charge in [0.05, 0.1) is 6.10 Å². The van der Waals surface area contributed by atoms with Gasteiger partial charge in [-0.05, 0) is 30.5 Å². The number of carboxylic acid groups (broad SMARTS) is 1. The molecule has 112 valence electrons. The predicted octanol–water partition coefficient (Wildman–Crippen LogP) is 4.15. The summed E-state index contributed by atoms with van der Waals surface area (Å²) < 4.78 is 20.3. The van der Waals surface area contributed by atoms with Gasteiger partial charge in [0.25, 0.3) is 0 Å². The van der Waals surface area contributed by atoms with Gasteiger partial charge < -0.3 is 9.84 Å². The molecule has 3 nitrogen and oxygen atoms in total. The van der Waals surface area contributed by atoms with Crippen molar-refractivity contribution in [2.45, 2.75) is 24.7 Å². The van der Waals surface area contributed by atoms with Gasteiger partial charge in [0, 0.05) is 28.2 Å². The van der Waals surface area contributed by atoms with Gasteiger partial charge in [-0.15, -0.1) is 11.3 Å². The predicted molar refractivity (Wildman–Crippen MR) is 83.9 cm³/mol. The van der Waals surface area contributed by atoms with E-state index >= 15 is 0 Å². The van der Waals surface area contributed by atoms with E-state index in [0.29, 0.717) is 21.4 Å². The van der Waals surface area contributed by atoms with E-state index in [1.54, 1.807) is 23.9 Å². The standard InChI is InChI=1S/C15H15FO3S2/c16-11-4-1-5-12-13(11)10(14(21-12)15(17)18)8-20-7-9-3-2-6-19-9/h1,4-5,9H,2-3,6-8H2,(H,17,18). The Labute approximate surface area is 130 Å². The molecule has 0 amide bonds. The van der Waals surface area contributed by atoms with E-state index in [2.05, 4.69) is 0 Å². The minimum atomic E-state index is -0.983. The van der Waals surface area contributed by atoms with Crippen LogP contribution in [0.15, 0.2) is 18.2 Å². The molecule has 1 atom stereocenters. The quantitative estimate of drug-likeness (QED) is 0.896. The highest BCUT2D eigenvalue weighted by atomic mass is 32.2. The highest BCUT2D eigenvalue weighted by Crippen LogP contribution is 2.36. The van der Waals surface area contributed by atoms with Crippen LogP contribution in [0.2, 0.25) is 0 Å². The molecule has 1 aliphatic heterocycles. The SMILES string of the molecule is O=C(O)c1sc2cccc(F)c2c1CSCC1CCCO1. The molecule has 1 N–H and O–H groups in total. The zero-order valence-electron chi connectivity index (χ0n) is 11.3. The molecule has 3 rings (SSSR count). The van der Waals surface area contributed by atoms with Crippen molar-refractivity contribution in [2.75, 3.05) is 12.4 Å². The number of rotatable bonds is 5. The number of hydrogen-bond acceptors (Lipinski definition) is 4. The van der Waals surface area contributed by atoms with Crippen molar-refractivity contribution < 1.29 is 19.0 Å². The van der Waals surface area contributed by atoms with Crippen molar-refractivity contribution in [2.24, 2.45) is 0 Å². The second-order valence-corrected chi connectivity index (χ2v) is 7.06. The highest BCUT2D eigenvalue weighted by Gasteiger charge is 2.21. The second-order valence-electron chi connectivity index (χ2n) is 4.98. The number of thioether (sulfide) groups is 1. The lowest BCUT2D eigenvalue weighted by Gasteiger charge is -2.09. The number of thiophene rings is 1. The molecule has 1 aromatic carbocycles. The van der Waals surface area contributed by atoms with Crippen LogP contribution in [0.1, 0.15) is 28.1 Å². The summed E-state index contributed by atoms with van der Waals surface area (Å²) >= 11 is 2.76. The van der Waals surface area contributed by atoms with E-state index in [0.717, 1.165) is 36.5 Å². The van der Waals surface area contributed by atoms with Crippen LogP contribution in [-0.2, 0) is 10.5 Å².